The topological polar surface area (TPSA) is 51.4 Å². The van der Waals surface area contributed by atoms with E-state index in [2.05, 4.69) is 42.5 Å². The number of aromatic nitrogens is 1. The van der Waals surface area contributed by atoms with Crippen LogP contribution >= 0.6 is 0 Å². The summed E-state index contributed by atoms with van der Waals surface area (Å²) in [7, 11) is -3.77. The Labute approximate surface area is 209 Å². The van der Waals surface area contributed by atoms with E-state index >= 15 is 0 Å². The Morgan fingerprint density at radius 2 is 1.28 bits per heavy atom. The first-order valence-corrected chi connectivity index (χ1v) is 13.4. The highest BCUT2D eigenvalue weighted by atomic mass is 32.2. The minimum atomic E-state index is -3.77. The van der Waals surface area contributed by atoms with Crippen molar-refractivity contribution in [3.05, 3.63) is 120 Å². The maximum Gasteiger partial charge on any atom is 0.268 e. The lowest BCUT2D eigenvalue weighted by Crippen LogP contribution is -2.12. The molecule has 174 valence electrons. The van der Waals surface area contributed by atoms with Crippen LogP contribution in [0.25, 0.3) is 32.4 Å². The number of hydrogen-bond donors (Lipinski definition) is 0. The summed E-state index contributed by atoms with van der Waals surface area (Å²) in [5.41, 5.74) is 5.59. The summed E-state index contributed by atoms with van der Waals surface area (Å²) in [5, 5.41) is 5.60. The molecule has 0 spiro atoms. The van der Waals surface area contributed by atoms with Crippen LogP contribution in [0.4, 0.5) is 5.69 Å². The second-order valence-corrected chi connectivity index (χ2v) is 11.1. The van der Waals surface area contributed by atoms with E-state index in [0.29, 0.717) is 11.9 Å². The Hall–Kier alpha value is -4.22. The zero-order valence-corrected chi connectivity index (χ0v) is 20.5. The fourth-order valence-corrected chi connectivity index (χ4v) is 6.77. The number of aliphatic imine (C=N–C) groups is 1. The van der Waals surface area contributed by atoms with E-state index in [-0.39, 0.29) is 4.90 Å². The summed E-state index contributed by atoms with van der Waals surface area (Å²) in [6, 6.07) is 31.5. The number of aryl methyl sites for hydroxylation is 1. The Morgan fingerprint density at radius 3 is 2.00 bits per heavy atom. The van der Waals surface area contributed by atoms with Crippen molar-refractivity contribution in [2.45, 2.75) is 18.2 Å². The minimum absolute atomic E-state index is 0.272. The lowest BCUT2D eigenvalue weighted by molar-refractivity contribution is 0.589. The molecule has 0 fully saturated rings. The summed E-state index contributed by atoms with van der Waals surface area (Å²) in [6.07, 6.45) is 2.40. The average molecular weight is 487 g/mol. The summed E-state index contributed by atoms with van der Waals surface area (Å²) in [5.74, 6) is 0. The Balaban J connectivity index is 1.45. The van der Waals surface area contributed by atoms with Crippen molar-refractivity contribution in [1.82, 2.24) is 3.97 Å². The van der Waals surface area contributed by atoms with Crippen LogP contribution in [0.1, 0.15) is 16.7 Å². The SMILES string of the molecule is Cc1ccc(S(=O)(=O)n2cc(C3=Nc4c(c5ccccc5c5ccccc45)C3)c3ccccc32)cc1. The fraction of sp³-hybridized carbons (Fsp3) is 0.0645. The highest BCUT2D eigenvalue weighted by molar-refractivity contribution is 7.90. The molecule has 0 radical (unpaired) electrons. The molecule has 2 heterocycles. The molecule has 0 aliphatic carbocycles. The molecular formula is C31H22N2O2S. The fourth-order valence-electron chi connectivity index (χ4n) is 5.40. The second-order valence-electron chi connectivity index (χ2n) is 9.33. The molecule has 0 atom stereocenters. The summed E-state index contributed by atoms with van der Waals surface area (Å²) in [6.45, 7) is 1.95. The van der Waals surface area contributed by atoms with Gasteiger partial charge in [0, 0.05) is 29.0 Å². The molecule has 0 N–H and O–H groups in total. The molecule has 0 bridgehead atoms. The molecule has 0 amide bonds. The van der Waals surface area contributed by atoms with E-state index in [1.807, 2.05) is 49.4 Å². The zero-order valence-electron chi connectivity index (χ0n) is 19.6. The van der Waals surface area contributed by atoms with Crippen molar-refractivity contribution in [2.75, 3.05) is 0 Å². The molecule has 1 aliphatic rings. The molecule has 6 aromatic rings. The highest BCUT2D eigenvalue weighted by Crippen LogP contribution is 2.43. The third-order valence-electron chi connectivity index (χ3n) is 7.17. The first-order chi connectivity index (χ1) is 17.5. The molecular weight excluding hydrogens is 464 g/mol. The van der Waals surface area contributed by atoms with Gasteiger partial charge in [0.25, 0.3) is 10.0 Å². The molecule has 0 saturated heterocycles. The van der Waals surface area contributed by atoms with Gasteiger partial charge in [-0.3, -0.25) is 4.99 Å². The van der Waals surface area contributed by atoms with Crippen molar-refractivity contribution in [3.63, 3.8) is 0 Å². The lowest BCUT2D eigenvalue weighted by atomic mass is 9.93. The Kier molecular flexibility index (Phi) is 4.48. The third-order valence-corrected chi connectivity index (χ3v) is 8.86. The van der Waals surface area contributed by atoms with Crippen LogP contribution in [0.15, 0.2) is 113 Å². The van der Waals surface area contributed by atoms with Gasteiger partial charge in [-0.15, -0.1) is 0 Å². The monoisotopic (exact) mass is 486 g/mol. The van der Waals surface area contributed by atoms with E-state index in [1.54, 1.807) is 18.3 Å². The molecule has 5 aromatic carbocycles. The van der Waals surface area contributed by atoms with Crippen molar-refractivity contribution >= 4 is 53.9 Å². The molecule has 1 aliphatic heterocycles. The van der Waals surface area contributed by atoms with Gasteiger partial charge >= 0.3 is 0 Å². The number of rotatable bonds is 3. The van der Waals surface area contributed by atoms with Gasteiger partial charge in [-0.1, -0.05) is 84.4 Å². The molecule has 7 rings (SSSR count). The van der Waals surface area contributed by atoms with Crippen LogP contribution in [0.2, 0.25) is 0 Å². The van der Waals surface area contributed by atoms with E-state index in [1.165, 1.54) is 25.7 Å². The smallest absolute Gasteiger partial charge is 0.251 e. The lowest BCUT2D eigenvalue weighted by Gasteiger charge is -2.09. The normalized spacial score (nSPS) is 13.4. The molecule has 4 nitrogen and oxygen atoms in total. The van der Waals surface area contributed by atoms with Gasteiger partial charge in [0.1, 0.15) is 0 Å². The maximum absolute atomic E-state index is 13.7. The predicted octanol–water partition coefficient (Wildman–Crippen LogP) is 7.17. The van der Waals surface area contributed by atoms with Gasteiger partial charge in [0.15, 0.2) is 0 Å². The number of para-hydroxylation sites is 1. The van der Waals surface area contributed by atoms with Gasteiger partial charge in [-0.2, -0.15) is 0 Å². The standard InChI is InChI=1S/C31H22N2O2S/c1-20-14-16-21(17-15-20)36(34,35)33-19-28(25-11-6-7-13-30(25)33)29-18-27-24-10-3-2-8-22(24)23-9-4-5-12-26(23)31(27)32-29/h2-17,19H,18H2,1H3. The van der Waals surface area contributed by atoms with Gasteiger partial charge < -0.3 is 0 Å². The van der Waals surface area contributed by atoms with Gasteiger partial charge in [-0.25, -0.2) is 12.4 Å². The summed E-state index contributed by atoms with van der Waals surface area (Å²) < 4.78 is 28.8. The molecule has 36 heavy (non-hydrogen) atoms. The largest absolute Gasteiger partial charge is 0.268 e. The van der Waals surface area contributed by atoms with Crippen LogP contribution in [0, 0.1) is 6.92 Å². The molecule has 0 unspecified atom stereocenters. The van der Waals surface area contributed by atoms with E-state index in [9.17, 15) is 8.42 Å². The summed E-state index contributed by atoms with van der Waals surface area (Å²) in [4.78, 5) is 5.41. The summed E-state index contributed by atoms with van der Waals surface area (Å²) >= 11 is 0. The predicted molar refractivity (Wildman–Crippen MR) is 147 cm³/mol. The van der Waals surface area contributed by atoms with Crippen LogP contribution in [0.3, 0.4) is 0 Å². The van der Waals surface area contributed by atoms with Crippen LogP contribution in [-0.4, -0.2) is 18.1 Å². The van der Waals surface area contributed by atoms with E-state index < -0.39 is 10.0 Å². The average Bonchev–Trinajstić information content (AvgIpc) is 3.52. The quantitative estimate of drug-likeness (QED) is 0.249. The first kappa shape index (κ1) is 21.1. The van der Waals surface area contributed by atoms with Crippen molar-refractivity contribution in [1.29, 1.82) is 0 Å². The number of fused-ring (bicyclic) bond motifs is 7. The van der Waals surface area contributed by atoms with Gasteiger partial charge in [0.2, 0.25) is 0 Å². The minimum Gasteiger partial charge on any atom is -0.251 e. The Bertz CT molecular complexity index is 1980. The van der Waals surface area contributed by atoms with Crippen molar-refractivity contribution < 1.29 is 8.42 Å². The number of hydrogen-bond acceptors (Lipinski definition) is 3. The zero-order chi connectivity index (χ0) is 24.4. The van der Waals surface area contributed by atoms with Gasteiger partial charge in [0.05, 0.1) is 21.8 Å². The molecule has 1 aromatic heterocycles. The molecule has 0 saturated carbocycles. The van der Waals surface area contributed by atoms with Crippen molar-refractivity contribution in [3.8, 4) is 0 Å². The molecule has 5 heteroatoms. The van der Waals surface area contributed by atoms with Crippen LogP contribution < -0.4 is 0 Å². The third kappa shape index (κ3) is 2.99. The first-order valence-electron chi connectivity index (χ1n) is 11.9. The van der Waals surface area contributed by atoms with E-state index in [4.69, 9.17) is 4.99 Å². The van der Waals surface area contributed by atoms with Crippen LogP contribution in [-0.2, 0) is 16.4 Å². The second kappa shape index (κ2) is 7.64. The number of nitrogens with zero attached hydrogens (tertiary/aromatic N) is 2. The van der Waals surface area contributed by atoms with Gasteiger partial charge in [-0.05, 0) is 46.8 Å². The highest BCUT2D eigenvalue weighted by Gasteiger charge is 2.27. The number of benzene rings is 5. The Morgan fingerprint density at radius 1 is 0.694 bits per heavy atom. The van der Waals surface area contributed by atoms with Crippen LogP contribution in [0.5, 0.6) is 0 Å². The van der Waals surface area contributed by atoms with Crippen molar-refractivity contribution in [2.24, 2.45) is 4.99 Å². The van der Waals surface area contributed by atoms with E-state index in [0.717, 1.165) is 33.3 Å². The maximum atomic E-state index is 13.7.